The molecule has 0 bridgehead atoms. The van der Waals surface area contributed by atoms with Gasteiger partial charge in [-0.2, -0.15) is 0 Å². The van der Waals surface area contributed by atoms with Gasteiger partial charge in [-0.3, -0.25) is 9.79 Å². The zero-order valence-electron chi connectivity index (χ0n) is 21.7. The Kier molecular flexibility index (Phi) is 4.96. The number of hydrogen-bond donors (Lipinski definition) is 0. The molecule has 6 aliphatic rings. The standard InChI is InChI=1S/C30H45NO2/c1-6-7-22-23-10-13-30(20(3)26-25(33-30)14-19(2)16-31-26)18-28(5)17-29(23,28)15-24(22)27(4)11-8-21(32)9-12-27/h8,11,19-20,22-25H,6-7,9-10,12-18H2,1-5H3/t19-,20+,22?,23-,24-,25+,27+,28?,29?,30-/m0/s1. The Labute approximate surface area is 201 Å². The normalized spacial score (nSPS) is 55.1. The molecule has 0 N–H and O–H groups in total. The number of fused-ring (bicyclic) bond motifs is 1. The molecule has 4 aliphatic carbocycles. The van der Waals surface area contributed by atoms with Crippen molar-refractivity contribution in [1.82, 2.24) is 0 Å². The number of ketones is 1. The SMILES string of the molecule is CCCC1[C@@H]2CC[C@@]3(CC4(C)CC24C[C@@H]1[C@]1(C)C=CC(=O)CC1)O[C@@H]1C[C@H](C)CN=C1[C@H]3C. The van der Waals surface area contributed by atoms with Crippen molar-refractivity contribution in [3.8, 4) is 0 Å². The van der Waals surface area contributed by atoms with Crippen LogP contribution < -0.4 is 0 Å². The van der Waals surface area contributed by atoms with Crippen molar-refractivity contribution in [3.63, 3.8) is 0 Å². The summed E-state index contributed by atoms with van der Waals surface area (Å²) in [4.78, 5) is 17.0. The minimum atomic E-state index is 0.0173. The lowest BCUT2D eigenvalue weighted by Crippen LogP contribution is -2.38. The smallest absolute Gasteiger partial charge is 0.155 e. The number of allylic oxidation sites excluding steroid dienone is 2. The minimum absolute atomic E-state index is 0.0173. The van der Waals surface area contributed by atoms with E-state index in [0.717, 1.165) is 37.1 Å². The van der Waals surface area contributed by atoms with Crippen LogP contribution in [0.3, 0.4) is 0 Å². The van der Waals surface area contributed by atoms with Crippen molar-refractivity contribution in [1.29, 1.82) is 0 Å². The van der Waals surface area contributed by atoms with Crippen LogP contribution in [-0.4, -0.2) is 29.7 Å². The first kappa shape index (κ1) is 22.5. The van der Waals surface area contributed by atoms with Crippen molar-refractivity contribution in [3.05, 3.63) is 12.2 Å². The summed E-state index contributed by atoms with van der Waals surface area (Å²) >= 11 is 0. The van der Waals surface area contributed by atoms with Crippen LogP contribution in [0, 0.1) is 45.8 Å². The van der Waals surface area contributed by atoms with E-state index in [4.69, 9.17) is 9.73 Å². The van der Waals surface area contributed by atoms with Gasteiger partial charge in [0.05, 0.1) is 11.7 Å². The van der Waals surface area contributed by atoms with Gasteiger partial charge in [-0.05, 0) is 90.9 Å². The van der Waals surface area contributed by atoms with Crippen LogP contribution in [0.25, 0.3) is 0 Å². The fourth-order valence-electron chi connectivity index (χ4n) is 9.99. The summed E-state index contributed by atoms with van der Waals surface area (Å²) in [5.74, 6) is 3.82. The molecule has 1 saturated heterocycles. The second kappa shape index (κ2) is 7.28. The Balaban J connectivity index is 1.32. The topological polar surface area (TPSA) is 38.7 Å². The third kappa shape index (κ3) is 3.09. The second-order valence-electron chi connectivity index (χ2n) is 13.8. The van der Waals surface area contributed by atoms with Crippen molar-refractivity contribution in [2.45, 2.75) is 111 Å². The largest absolute Gasteiger partial charge is 0.365 e. The van der Waals surface area contributed by atoms with E-state index in [1.807, 2.05) is 6.08 Å². The summed E-state index contributed by atoms with van der Waals surface area (Å²) in [7, 11) is 0. The highest BCUT2D eigenvalue weighted by Crippen LogP contribution is 2.82. The lowest BCUT2D eigenvalue weighted by atomic mass is 9.64. The zero-order chi connectivity index (χ0) is 23.2. The van der Waals surface area contributed by atoms with Gasteiger partial charge in [-0.15, -0.1) is 0 Å². The number of aliphatic imine (C=N–C) groups is 1. The summed E-state index contributed by atoms with van der Waals surface area (Å²) in [5, 5.41) is 0. The lowest BCUT2D eigenvalue weighted by molar-refractivity contribution is -0.116. The molecule has 0 radical (unpaired) electrons. The van der Waals surface area contributed by atoms with Crippen LogP contribution in [0.5, 0.6) is 0 Å². The Hall–Kier alpha value is -0.960. The first-order chi connectivity index (χ1) is 15.7. The fourth-order valence-corrected chi connectivity index (χ4v) is 9.99. The first-order valence-corrected chi connectivity index (χ1v) is 14.1. The zero-order valence-corrected chi connectivity index (χ0v) is 21.7. The van der Waals surface area contributed by atoms with E-state index in [0.29, 0.717) is 28.4 Å². The van der Waals surface area contributed by atoms with Gasteiger partial charge >= 0.3 is 0 Å². The summed E-state index contributed by atoms with van der Waals surface area (Å²) in [5.41, 5.74) is 2.53. The van der Waals surface area contributed by atoms with Crippen LogP contribution in [-0.2, 0) is 9.53 Å². The molecule has 2 heterocycles. The maximum absolute atomic E-state index is 12.0. The average molecular weight is 452 g/mol. The van der Waals surface area contributed by atoms with Gasteiger partial charge in [-0.1, -0.05) is 53.5 Å². The lowest BCUT2D eigenvalue weighted by Gasteiger charge is -2.40. The predicted molar refractivity (Wildman–Crippen MR) is 133 cm³/mol. The maximum Gasteiger partial charge on any atom is 0.155 e. The molecule has 182 valence electrons. The van der Waals surface area contributed by atoms with E-state index in [1.165, 1.54) is 57.1 Å². The number of carbonyl (C=O) groups excluding carboxylic acids is 1. The molecule has 0 aromatic heterocycles. The van der Waals surface area contributed by atoms with Gasteiger partial charge in [0, 0.05) is 24.6 Å². The van der Waals surface area contributed by atoms with Crippen LogP contribution in [0.1, 0.15) is 98.8 Å². The average Bonchev–Trinajstić information content (AvgIpc) is 3.10. The fraction of sp³-hybridized carbons (Fsp3) is 0.867. The van der Waals surface area contributed by atoms with Gasteiger partial charge < -0.3 is 4.74 Å². The summed E-state index contributed by atoms with van der Waals surface area (Å²) < 4.78 is 7.07. The molecular formula is C30H45NO2. The molecule has 3 heteroatoms. The molecule has 3 nitrogen and oxygen atoms in total. The van der Waals surface area contributed by atoms with E-state index < -0.39 is 0 Å². The number of carbonyl (C=O) groups is 1. The molecule has 0 aromatic rings. The monoisotopic (exact) mass is 451 g/mol. The summed E-state index contributed by atoms with van der Waals surface area (Å²) in [6.07, 6.45) is 16.7. The first-order valence-electron chi connectivity index (χ1n) is 14.1. The van der Waals surface area contributed by atoms with Crippen LogP contribution in [0.2, 0.25) is 0 Å². The Morgan fingerprint density at radius 1 is 1.15 bits per heavy atom. The highest BCUT2D eigenvalue weighted by Gasteiger charge is 2.76. The Bertz CT molecular complexity index is 907. The highest BCUT2D eigenvalue weighted by molar-refractivity contribution is 5.94. The molecule has 2 aliphatic heterocycles. The van der Waals surface area contributed by atoms with E-state index in [-0.39, 0.29) is 17.1 Å². The quantitative estimate of drug-likeness (QED) is 0.473. The van der Waals surface area contributed by atoms with Crippen LogP contribution in [0.4, 0.5) is 0 Å². The van der Waals surface area contributed by atoms with Gasteiger partial charge in [-0.25, -0.2) is 0 Å². The molecule has 0 amide bonds. The third-order valence-corrected chi connectivity index (χ3v) is 11.8. The number of ether oxygens (including phenoxy) is 1. The molecule has 10 atom stereocenters. The van der Waals surface area contributed by atoms with E-state index in [2.05, 4.69) is 40.7 Å². The minimum Gasteiger partial charge on any atom is -0.365 e. The van der Waals surface area contributed by atoms with Crippen molar-refractivity contribution in [2.24, 2.45) is 50.8 Å². The van der Waals surface area contributed by atoms with E-state index in [1.54, 1.807) is 0 Å². The molecular weight excluding hydrogens is 406 g/mol. The van der Waals surface area contributed by atoms with Gasteiger partial charge in [0.2, 0.25) is 0 Å². The van der Waals surface area contributed by atoms with Gasteiger partial charge in [0.1, 0.15) is 0 Å². The molecule has 3 unspecified atom stereocenters. The Morgan fingerprint density at radius 2 is 1.97 bits per heavy atom. The van der Waals surface area contributed by atoms with Crippen LogP contribution in [0.15, 0.2) is 17.1 Å². The molecule has 33 heavy (non-hydrogen) atoms. The van der Waals surface area contributed by atoms with Crippen molar-refractivity contribution in [2.75, 3.05) is 6.54 Å². The highest BCUT2D eigenvalue weighted by atomic mass is 16.5. The van der Waals surface area contributed by atoms with Crippen molar-refractivity contribution < 1.29 is 9.53 Å². The van der Waals surface area contributed by atoms with Crippen LogP contribution >= 0.6 is 0 Å². The third-order valence-electron chi connectivity index (χ3n) is 11.8. The molecule has 0 aromatic carbocycles. The molecule has 4 fully saturated rings. The Morgan fingerprint density at radius 3 is 2.70 bits per heavy atom. The predicted octanol–water partition coefficient (Wildman–Crippen LogP) is 6.80. The van der Waals surface area contributed by atoms with Gasteiger partial charge in [0.15, 0.2) is 5.78 Å². The number of hydrogen-bond acceptors (Lipinski definition) is 3. The van der Waals surface area contributed by atoms with Crippen molar-refractivity contribution >= 4 is 11.5 Å². The molecule has 2 spiro atoms. The van der Waals surface area contributed by atoms with Gasteiger partial charge in [0.25, 0.3) is 0 Å². The number of nitrogens with zero attached hydrogens (tertiary/aromatic N) is 1. The van der Waals surface area contributed by atoms with E-state index >= 15 is 0 Å². The summed E-state index contributed by atoms with van der Waals surface area (Å²) in [6, 6.07) is 0. The second-order valence-corrected chi connectivity index (χ2v) is 13.8. The summed E-state index contributed by atoms with van der Waals surface area (Å²) in [6.45, 7) is 13.2. The van der Waals surface area contributed by atoms with E-state index in [9.17, 15) is 4.79 Å². The molecule has 3 saturated carbocycles. The maximum atomic E-state index is 12.0. The molecule has 6 rings (SSSR count). The number of rotatable bonds is 3.